The van der Waals surface area contributed by atoms with Crippen LogP contribution in [0.15, 0.2) is 29.7 Å². The van der Waals surface area contributed by atoms with Crippen molar-refractivity contribution in [1.29, 1.82) is 0 Å². The highest BCUT2D eigenvalue weighted by Gasteiger charge is 2.19. The molecule has 2 aromatic heterocycles. The first-order valence-electron chi connectivity index (χ1n) is 4.60. The number of H-pyrrole nitrogens is 2. The Morgan fingerprint density at radius 1 is 1.50 bits per heavy atom. The summed E-state index contributed by atoms with van der Waals surface area (Å²) in [5.74, 6) is 0.471. The Bertz CT molecular complexity index is 531. The van der Waals surface area contributed by atoms with Crippen molar-refractivity contribution in [3.63, 3.8) is 0 Å². The lowest BCUT2D eigenvalue weighted by atomic mass is 10.3. The summed E-state index contributed by atoms with van der Waals surface area (Å²) < 4.78 is 26.1. The van der Waals surface area contributed by atoms with E-state index in [1.165, 1.54) is 18.6 Å². The summed E-state index contributed by atoms with van der Waals surface area (Å²) in [6.07, 6.45) is 4.29. The van der Waals surface area contributed by atoms with E-state index in [1.807, 2.05) is 0 Å². The summed E-state index contributed by atoms with van der Waals surface area (Å²) >= 11 is 0. The average molecular weight is 241 g/mol. The Morgan fingerprint density at radius 3 is 2.88 bits per heavy atom. The van der Waals surface area contributed by atoms with Gasteiger partial charge in [-0.05, 0) is 13.0 Å². The van der Waals surface area contributed by atoms with Gasteiger partial charge in [0.1, 0.15) is 12.2 Å². The predicted molar refractivity (Wildman–Crippen MR) is 55.9 cm³/mol. The van der Waals surface area contributed by atoms with Crippen LogP contribution in [0, 0.1) is 0 Å². The van der Waals surface area contributed by atoms with E-state index >= 15 is 0 Å². The topological polar surface area (TPSA) is 104 Å². The monoisotopic (exact) mass is 241 g/mol. The van der Waals surface area contributed by atoms with Crippen LogP contribution in [0.4, 0.5) is 0 Å². The Kier molecular flexibility index (Phi) is 2.75. The number of hydrogen-bond donors (Lipinski definition) is 3. The molecule has 1 unspecified atom stereocenters. The number of sulfonamides is 1. The van der Waals surface area contributed by atoms with Crippen LogP contribution >= 0.6 is 0 Å². The van der Waals surface area contributed by atoms with Crippen molar-refractivity contribution < 1.29 is 8.42 Å². The van der Waals surface area contributed by atoms with Crippen LogP contribution in [-0.2, 0) is 10.0 Å². The van der Waals surface area contributed by atoms with Crippen LogP contribution in [0.1, 0.15) is 18.8 Å². The maximum absolute atomic E-state index is 11.8. The second-order valence-corrected chi connectivity index (χ2v) is 4.97. The van der Waals surface area contributed by atoms with E-state index in [9.17, 15) is 8.42 Å². The first kappa shape index (κ1) is 10.8. The molecule has 0 saturated carbocycles. The maximum Gasteiger partial charge on any atom is 0.242 e. The van der Waals surface area contributed by atoms with Crippen molar-refractivity contribution in [2.24, 2.45) is 0 Å². The molecule has 86 valence electrons. The van der Waals surface area contributed by atoms with Gasteiger partial charge in [-0.1, -0.05) is 0 Å². The summed E-state index contributed by atoms with van der Waals surface area (Å²) in [6.45, 7) is 1.69. The Morgan fingerprint density at radius 2 is 2.31 bits per heavy atom. The van der Waals surface area contributed by atoms with Gasteiger partial charge in [0.05, 0.1) is 10.9 Å². The van der Waals surface area contributed by atoms with Gasteiger partial charge < -0.3 is 4.98 Å². The summed E-state index contributed by atoms with van der Waals surface area (Å²) in [5, 5.41) is 6.27. The third-order valence-corrected chi connectivity index (χ3v) is 3.59. The van der Waals surface area contributed by atoms with Crippen LogP contribution in [0.5, 0.6) is 0 Å². The van der Waals surface area contributed by atoms with Gasteiger partial charge in [0, 0.05) is 12.4 Å². The average Bonchev–Trinajstić information content (AvgIpc) is 2.91. The van der Waals surface area contributed by atoms with Crippen LogP contribution in [0.25, 0.3) is 0 Å². The lowest BCUT2D eigenvalue weighted by molar-refractivity contribution is 0.560. The summed E-state index contributed by atoms with van der Waals surface area (Å²) in [7, 11) is -3.51. The molecule has 0 amide bonds. The van der Waals surface area contributed by atoms with Crippen LogP contribution in [-0.4, -0.2) is 28.6 Å². The van der Waals surface area contributed by atoms with E-state index in [0.717, 1.165) is 0 Å². The van der Waals surface area contributed by atoms with Crippen LogP contribution in [0.2, 0.25) is 0 Å². The second kappa shape index (κ2) is 4.06. The van der Waals surface area contributed by atoms with E-state index in [1.54, 1.807) is 13.1 Å². The van der Waals surface area contributed by atoms with Gasteiger partial charge in [-0.15, -0.1) is 0 Å². The standard InChI is InChI=1S/C8H11N5O2S/c1-6(8-10-5-11-12-8)13-16(14,15)7-2-3-9-4-7/h2-6,9,13H,1H3,(H,10,11,12). The van der Waals surface area contributed by atoms with Gasteiger partial charge >= 0.3 is 0 Å². The zero-order chi connectivity index (χ0) is 11.6. The van der Waals surface area contributed by atoms with Gasteiger partial charge in [0.15, 0.2) is 0 Å². The third kappa shape index (κ3) is 2.12. The van der Waals surface area contributed by atoms with E-state index < -0.39 is 16.1 Å². The molecule has 0 aliphatic heterocycles. The smallest absolute Gasteiger partial charge is 0.242 e. The van der Waals surface area contributed by atoms with Gasteiger partial charge in [-0.2, -0.15) is 5.10 Å². The molecule has 0 aliphatic rings. The second-order valence-electron chi connectivity index (χ2n) is 3.26. The molecule has 0 saturated heterocycles. The van der Waals surface area contributed by atoms with E-state index in [2.05, 4.69) is 24.9 Å². The largest absolute Gasteiger partial charge is 0.366 e. The fourth-order valence-electron chi connectivity index (χ4n) is 1.26. The van der Waals surface area contributed by atoms with Crippen LogP contribution < -0.4 is 4.72 Å². The minimum Gasteiger partial charge on any atom is -0.366 e. The van der Waals surface area contributed by atoms with Gasteiger partial charge in [-0.25, -0.2) is 18.1 Å². The highest BCUT2D eigenvalue weighted by Crippen LogP contribution is 2.12. The summed E-state index contributed by atoms with van der Waals surface area (Å²) in [4.78, 5) is 6.76. The van der Waals surface area contributed by atoms with E-state index in [4.69, 9.17) is 0 Å². The van der Waals surface area contributed by atoms with Crippen LogP contribution in [0.3, 0.4) is 0 Å². The van der Waals surface area contributed by atoms with Crippen molar-refractivity contribution in [3.05, 3.63) is 30.6 Å². The molecule has 0 aromatic carbocycles. The molecular formula is C8H11N5O2S. The normalized spacial score (nSPS) is 13.8. The quantitative estimate of drug-likeness (QED) is 0.709. The summed E-state index contributed by atoms with van der Waals surface area (Å²) in [6, 6.07) is 1.03. The number of hydrogen-bond acceptors (Lipinski definition) is 4. The zero-order valence-electron chi connectivity index (χ0n) is 8.51. The van der Waals surface area contributed by atoms with Gasteiger partial charge in [0.25, 0.3) is 0 Å². The number of rotatable bonds is 4. The highest BCUT2D eigenvalue weighted by atomic mass is 32.2. The molecule has 2 aromatic rings. The van der Waals surface area contributed by atoms with Crippen molar-refractivity contribution in [2.75, 3.05) is 0 Å². The minimum atomic E-state index is -3.51. The third-order valence-electron chi connectivity index (χ3n) is 2.06. The Hall–Kier alpha value is -1.67. The molecule has 2 rings (SSSR count). The van der Waals surface area contributed by atoms with Crippen molar-refractivity contribution in [2.45, 2.75) is 17.9 Å². The molecule has 3 N–H and O–H groups in total. The SMILES string of the molecule is CC(NS(=O)(=O)c1cc[nH]c1)c1ncn[nH]1. The highest BCUT2D eigenvalue weighted by molar-refractivity contribution is 7.89. The molecular weight excluding hydrogens is 230 g/mol. The lowest BCUT2D eigenvalue weighted by Gasteiger charge is -2.10. The number of nitrogens with zero attached hydrogens (tertiary/aromatic N) is 2. The fourth-order valence-corrected chi connectivity index (χ4v) is 2.44. The van der Waals surface area contributed by atoms with Gasteiger partial charge in [-0.3, -0.25) is 5.10 Å². The first-order chi connectivity index (χ1) is 7.59. The zero-order valence-corrected chi connectivity index (χ0v) is 9.32. The molecule has 0 spiro atoms. The molecule has 0 radical (unpaired) electrons. The number of aromatic amines is 2. The predicted octanol–water partition coefficient (Wildman–Crippen LogP) is 0.172. The van der Waals surface area contributed by atoms with E-state index in [-0.39, 0.29) is 4.90 Å². The Labute approximate surface area is 92.4 Å². The molecule has 0 aliphatic carbocycles. The van der Waals surface area contributed by atoms with Crippen molar-refractivity contribution >= 4 is 10.0 Å². The molecule has 1 atom stereocenters. The summed E-state index contributed by atoms with van der Waals surface area (Å²) in [5.41, 5.74) is 0. The molecule has 2 heterocycles. The minimum absolute atomic E-state index is 0.193. The molecule has 8 heteroatoms. The maximum atomic E-state index is 11.8. The van der Waals surface area contributed by atoms with E-state index in [0.29, 0.717) is 5.82 Å². The lowest BCUT2D eigenvalue weighted by Crippen LogP contribution is -2.27. The van der Waals surface area contributed by atoms with Crippen molar-refractivity contribution in [3.8, 4) is 0 Å². The Balaban J connectivity index is 2.16. The molecule has 0 fully saturated rings. The van der Waals surface area contributed by atoms with Crippen molar-refractivity contribution in [1.82, 2.24) is 24.9 Å². The fraction of sp³-hybridized carbons (Fsp3) is 0.250. The molecule has 16 heavy (non-hydrogen) atoms. The number of nitrogens with one attached hydrogen (secondary N) is 3. The first-order valence-corrected chi connectivity index (χ1v) is 6.08. The molecule has 7 nitrogen and oxygen atoms in total. The molecule has 0 bridgehead atoms. The number of aromatic nitrogens is 4. The van der Waals surface area contributed by atoms with Gasteiger partial charge in [0.2, 0.25) is 10.0 Å².